The van der Waals surface area contributed by atoms with Crippen molar-refractivity contribution >= 4 is 17.3 Å². The minimum atomic E-state index is 0.00981. The SMILES string of the molecule is CC[C@@H]1C(=O)Nc2cc(N)ccc21. The van der Waals surface area contributed by atoms with Crippen molar-refractivity contribution in [3.63, 3.8) is 0 Å². The van der Waals surface area contributed by atoms with Gasteiger partial charge >= 0.3 is 0 Å². The van der Waals surface area contributed by atoms with Gasteiger partial charge in [-0.3, -0.25) is 4.79 Å². The molecule has 0 radical (unpaired) electrons. The van der Waals surface area contributed by atoms with Gasteiger partial charge in [-0.05, 0) is 24.1 Å². The summed E-state index contributed by atoms with van der Waals surface area (Å²) in [6.45, 7) is 2.01. The molecule has 1 atom stereocenters. The summed E-state index contributed by atoms with van der Waals surface area (Å²) in [4.78, 5) is 11.4. The van der Waals surface area contributed by atoms with Crippen molar-refractivity contribution in [3.05, 3.63) is 23.8 Å². The predicted octanol–water partition coefficient (Wildman–Crippen LogP) is 1.71. The highest BCUT2D eigenvalue weighted by Crippen LogP contribution is 2.35. The zero-order chi connectivity index (χ0) is 9.42. The lowest BCUT2D eigenvalue weighted by molar-refractivity contribution is -0.117. The third kappa shape index (κ3) is 1.16. The largest absolute Gasteiger partial charge is 0.399 e. The Bertz CT molecular complexity index is 360. The molecule has 0 saturated heterocycles. The first-order valence-corrected chi connectivity index (χ1v) is 4.42. The monoisotopic (exact) mass is 176 g/mol. The predicted molar refractivity (Wildman–Crippen MR) is 52.5 cm³/mol. The second kappa shape index (κ2) is 2.76. The van der Waals surface area contributed by atoms with Crippen LogP contribution in [0.3, 0.4) is 0 Å². The summed E-state index contributed by atoms with van der Waals surface area (Å²) in [7, 11) is 0. The van der Waals surface area contributed by atoms with Crippen LogP contribution in [-0.2, 0) is 4.79 Å². The molecule has 0 saturated carbocycles. The Labute approximate surface area is 76.9 Å². The molecule has 0 spiro atoms. The van der Waals surface area contributed by atoms with E-state index in [1.165, 1.54) is 0 Å². The number of nitrogens with two attached hydrogens (primary N) is 1. The zero-order valence-electron chi connectivity index (χ0n) is 7.50. The summed E-state index contributed by atoms with van der Waals surface area (Å²) in [5.41, 5.74) is 8.25. The quantitative estimate of drug-likeness (QED) is 0.640. The van der Waals surface area contributed by atoms with E-state index >= 15 is 0 Å². The van der Waals surface area contributed by atoms with Gasteiger partial charge in [-0.15, -0.1) is 0 Å². The van der Waals surface area contributed by atoms with Crippen molar-refractivity contribution in [2.75, 3.05) is 11.1 Å². The van der Waals surface area contributed by atoms with Crippen molar-refractivity contribution in [1.29, 1.82) is 0 Å². The van der Waals surface area contributed by atoms with Crippen LogP contribution in [0.2, 0.25) is 0 Å². The number of amides is 1. The Morgan fingerprint density at radius 2 is 2.31 bits per heavy atom. The Kier molecular flexibility index (Phi) is 1.72. The maximum Gasteiger partial charge on any atom is 0.231 e. The number of fused-ring (bicyclic) bond motifs is 1. The maximum atomic E-state index is 11.4. The molecular weight excluding hydrogens is 164 g/mol. The zero-order valence-corrected chi connectivity index (χ0v) is 7.50. The van der Waals surface area contributed by atoms with E-state index < -0.39 is 0 Å². The van der Waals surface area contributed by atoms with Crippen molar-refractivity contribution in [1.82, 2.24) is 0 Å². The Hall–Kier alpha value is -1.51. The fraction of sp³-hybridized carbons (Fsp3) is 0.300. The molecule has 1 aromatic carbocycles. The smallest absolute Gasteiger partial charge is 0.231 e. The lowest BCUT2D eigenvalue weighted by Crippen LogP contribution is -2.10. The third-order valence-electron chi connectivity index (χ3n) is 2.44. The van der Waals surface area contributed by atoms with Crippen LogP contribution in [0, 0.1) is 0 Å². The van der Waals surface area contributed by atoms with Crippen LogP contribution in [0.1, 0.15) is 24.8 Å². The minimum Gasteiger partial charge on any atom is -0.399 e. The standard InChI is InChI=1S/C10H12N2O/c1-2-7-8-4-3-6(11)5-9(8)12-10(7)13/h3-5,7H,2,11H2,1H3,(H,12,13)/t7-/m0/s1. The van der Waals surface area contributed by atoms with Crippen LogP contribution in [0.25, 0.3) is 0 Å². The molecule has 1 aliphatic rings. The molecule has 2 rings (SSSR count). The van der Waals surface area contributed by atoms with E-state index in [2.05, 4.69) is 5.32 Å². The topological polar surface area (TPSA) is 55.1 Å². The number of nitrogen functional groups attached to an aromatic ring is 1. The van der Waals surface area contributed by atoms with E-state index in [0.29, 0.717) is 5.69 Å². The van der Waals surface area contributed by atoms with Crippen LogP contribution >= 0.6 is 0 Å². The Balaban J connectivity index is 2.48. The molecule has 1 aromatic rings. The maximum absolute atomic E-state index is 11.4. The lowest BCUT2D eigenvalue weighted by Gasteiger charge is -2.03. The normalized spacial score (nSPS) is 19.8. The van der Waals surface area contributed by atoms with Crippen molar-refractivity contribution in [2.45, 2.75) is 19.3 Å². The number of nitrogens with one attached hydrogen (secondary N) is 1. The Morgan fingerprint density at radius 1 is 1.54 bits per heavy atom. The fourth-order valence-electron chi connectivity index (χ4n) is 1.75. The molecule has 0 unspecified atom stereocenters. The van der Waals surface area contributed by atoms with Gasteiger partial charge in [-0.2, -0.15) is 0 Å². The first-order chi connectivity index (χ1) is 6.22. The van der Waals surface area contributed by atoms with Gasteiger partial charge in [0.05, 0.1) is 5.92 Å². The van der Waals surface area contributed by atoms with Crippen molar-refractivity contribution in [3.8, 4) is 0 Å². The number of hydrogen-bond acceptors (Lipinski definition) is 2. The summed E-state index contributed by atoms with van der Waals surface area (Å²) < 4.78 is 0. The minimum absolute atomic E-state index is 0.00981. The van der Waals surface area contributed by atoms with Gasteiger partial charge in [0, 0.05) is 11.4 Å². The molecular formula is C10H12N2O. The second-order valence-corrected chi connectivity index (χ2v) is 3.30. The molecule has 3 N–H and O–H groups in total. The average molecular weight is 176 g/mol. The second-order valence-electron chi connectivity index (χ2n) is 3.30. The molecule has 3 heteroatoms. The highest BCUT2D eigenvalue weighted by molar-refractivity contribution is 6.03. The molecule has 1 heterocycles. The molecule has 0 aliphatic carbocycles. The van der Waals surface area contributed by atoms with Gasteiger partial charge in [0.2, 0.25) is 5.91 Å². The van der Waals surface area contributed by atoms with Gasteiger partial charge in [0.15, 0.2) is 0 Å². The number of carbonyl (C=O) groups excluding carboxylic acids is 1. The lowest BCUT2D eigenvalue weighted by atomic mass is 9.98. The molecule has 1 aliphatic heterocycles. The van der Waals surface area contributed by atoms with E-state index in [9.17, 15) is 4.79 Å². The molecule has 0 bridgehead atoms. The van der Waals surface area contributed by atoms with Crippen molar-refractivity contribution < 1.29 is 4.79 Å². The number of hydrogen-bond donors (Lipinski definition) is 2. The van der Waals surface area contributed by atoms with E-state index in [0.717, 1.165) is 17.7 Å². The summed E-state index contributed by atoms with van der Waals surface area (Å²) in [6, 6.07) is 5.57. The van der Waals surface area contributed by atoms with Crippen LogP contribution in [0.15, 0.2) is 18.2 Å². The molecule has 1 amide bonds. The van der Waals surface area contributed by atoms with E-state index in [1.54, 1.807) is 0 Å². The fourth-order valence-corrected chi connectivity index (χ4v) is 1.75. The molecule has 3 nitrogen and oxygen atoms in total. The van der Waals surface area contributed by atoms with Gasteiger partial charge in [0.1, 0.15) is 0 Å². The number of carbonyl (C=O) groups is 1. The van der Waals surface area contributed by atoms with Gasteiger partial charge in [-0.25, -0.2) is 0 Å². The summed E-state index contributed by atoms with van der Waals surface area (Å²) >= 11 is 0. The van der Waals surface area contributed by atoms with Crippen LogP contribution in [0.5, 0.6) is 0 Å². The van der Waals surface area contributed by atoms with Crippen LogP contribution < -0.4 is 11.1 Å². The summed E-state index contributed by atoms with van der Waals surface area (Å²) in [6.07, 6.45) is 0.836. The van der Waals surface area contributed by atoms with Crippen molar-refractivity contribution in [2.24, 2.45) is 0 Å². The molecule has 0 fully saturated rings. The highest BCUT2D eigenvalue weighted by atomic mass is 16.2. The number of benzene rings is 1. The molecule has 13 heavy (non-hydrogen) atoms. The molecule has 0 aromatic heterocycles. The van der Waals surface area contributed by atoms with E-state index in [-0.39, 0.29) is 11.8 Å². The summed E-state index contributed by atoms with van der Waals surface area (Å²) in [5, 5.41) is 2.82. The van der Waals surface area contributed by atoms with Gasteiger partial charge in [0.25, 0.3) is 0 Å². The van der Waals surface area contributed by atoms with Gasteiger partial charge in [-0.1, -0.05) is 13.0 Å². The van der Waals surface area contributed by atoms with Gasteiger partial charge < -0.3 is 11.1 Å². The van der Waals surface area contributed by atoms with Crippen LogP contribution in [0.4, 0.5) is 11.4 Å². The third-order valence-corrected chi connectivity index (χ3v) is 2.44. The average Bonchev–Trinajstić information content (AvgIpc) is 2.39. The highest BCUT2D eigenvalue weighted by Gasteiger charge is 2.28. The first kappa shape index (κ1) is 8.10. The Morgan fingerprint density at radius 3 is 3.00 bits per heavy atom. The first-order valence-electron chi connectivity index (χ1n) is 4.42. The number of rotatable bonds is 1. The van der Waals surface area contributed by atoms with E-state index in [4.69, 9.17) is 5.73 Å². The molecule has 68 valence electrons. The van der Waals surface area contributed by atoms with E-state index in [1.807, 2.05) is 25.1 Å². The number of anilines is 2. The van der Waals surface area contributed by atoms with Crippen LogP contribution in [-0.4, -0.2) is 5.91 Å². The summed E-state index contributed by atoms with van der Waals surface area (Å²) in [5.74, 6) is 0.0960.